The molecule has 114 valence electrons. The summed E-state index contributed by atoms with van der Waals surface area (Å²) in [6.07, 6.45) is 2.32. The van der Waals surface area contributed by atoms with E-state index >= 15 is 0 Å². The van der Waals surface area contributed by atoms with Crippen molar-refractivity contribution < 1.29 is 0 Å². The molecule has 1 aromatic rings. The van der Waals surface area contributed by atoms with E-state index in [1.54, 1.807) is 0 Å². The maximum absolute atomic E-state index is 5.86. The molecule has 0 amide bonds. The average Bonchev–Trinajstić information content (AvgIpc) is 2.42. The zero-order chi connectivity index (χ0) is 15.2. The van der Waals surface area contributed by atoms with E-state index in [2.05, 4.69) is 69.2 Å². The van der Waals surface area contributed by atoms with Crippen molar-refractivity contribution in [1.29, 1.82) is 0 Å². The Morgan fingerprint density at radius 1 is 1.10 bits per heavy atom. The number of hydrazine groups is 1. The van der Waals surface area contributed by atoms with Gasteiger partial charge in [0.15, 0.2) is 0 Å². The minimum atomic E-state index is -0.0233. The molecule has 1 atom stereocenters. The highest BCUT2D eigenvalue weighted by Crippen LogP contribution is 2.30. The van der Waals surface area contributed by atoms with Crippen molar-refractivity contribution in [2.45, 2.75) is 59.0 Å². The highest BCUT2D eigenvalue weighted by atomic mass is 15.3. The summed E-state index contributed by atoms with van der Waals surface area (Å²) in [4.78, 5) is 2.44. The number of hydrogen-bond donors (Lipinski definition) is 2. The molecule has 1 aromatic carbocycles. The number of benzene rings is 1. The van der Waals surface area contributed by atoms with Gasteiger partial charge in [0, 0.05) is 5.54 Å². The lowest BCUT2D eigenvalue weighted by molar-refractivity contribution is 0.0912. The van der Waals surface area contributed by atoms with Gasteiger partial charge < -0.3 is 0 Å². The van der Waals surface area contributed by atoms with Crippen LogP contribution in [0.4, 0.5) is 0 Å². The Kier molecular flexibility index (Phi) is 6.66. The summed E-state index contributed by atoms with van der Waals surface area (Å²) in [7, 11) is 0. The van der Waals surface area contributed by atoms with Gasteiger partial charge in [0.25, 0.3) is 0 Å². The molecule has 3 N–H and O–H groups in total. The quantitative estimate of drug-likeness (QED) is 0.566. The first-order valence-electron chi connectivity index (χ1n) is 7.81. The van der Waals surface area contributed by atoms with Gasteiger partial charge in [-0.3, -0.25) is 16.2 Å². The zero-order valence-electron chi connectivity index (χ0n) is 13.7. The summed E-state index contributed by atoms with van der Waals surface area (Å²) in [5, 5.41) is 0. The van der Waals surface area contributed by atoms with Crippen LogP contribution in [0.15, 0.2) is 24.3 Å². The van der Waals surface area contributed by atoms with Crippen molar-refractivity contribution in [3.63, 3.8) is 0 Å². The van der Waals surface area contributed by atoms with Crippen molar-refractivity contribution in [3.05, 3.63) is 35.4 Å². The molecule has 3 nitrogen and oxygen atoms in total. The van der Waals surface area contributed by atoms with Crippen LogP contribution in [0.25, 0.3) is 0 Å². The summed E-state index contributed by atoms with van der Waals surface area (Å²) in [5.74, 6) is 5.86. The van der Waals surface area contributed by atoms with Gasteiger partial charge in [0.05, 0.1) is 6.04 Å². The largest absolute Gasteiger partial charge is 0.297 e. The molecule has 3 heteroatoms. The monoisotopic (exact) mass is 277 g/mol. The van der Waals surface area contributed by atoms with Gasteiger partial charge in [-0.05, 0) is 44.5 Å². The van der Waals surface area contributed by atoms with Crippen LogP contribution in [-0.4, -0.2) is 23.5 Å². The van der Waals surface area contributed by atoms with Crippen LogP contribution in [0, 0.1) is 0 Å². The number of rotatable bonds is 8. The molecule has 20 heavy (non-hydrogen) atoms. The van der Waals surface area contributed by atoms with Crippen molar-refractivity contribution in [1.82, 2.24) is 10.3 Å². The van der Waals surface area contributed by atoms with Gasteiger partial charge >= 0.3 is 0 Å². The smallest absolute Gasteiger partial charge is 0.0638 e. The maximum atomic E-state index is 5.86. The number of hydrogen-bond acceptors (Lipinski definition) is 3. The summed E-state index contributed by atoms with van der Waals surface area (Å²) in [6.45, 7) is 13.2. The number of nitrogens with two attached hydrogens (primary N) is 1. The highest BCUT2D eigenvalue weighted by Gasteiger charge is 2.34. The first-order chi connectivity index (χ1) is 9.51. The number of nitrogens with one attached hydrogen (secondary N) is 1. The van der Waals surface area contributed by atoms with E-state index in [0.717, 1.165) is 19.5 Å². The molecule has 0 spiro atoms. The number of likely N-dealkylation sites (N-methyl/N-ethyl adjacent to an activating group) is 1. The first-order valence-corrected chi connectivity index (χ1v) is 7.81. The molecule has 0 fully saturated rings. The lowest BCUT2D eigenvalue weighted by Gasteiger charge is -2.43. The number of aryl methyl sites for hydroxylation is 1. The molecule has 1 unspecified atom stereocenters. The standard InChI is InChI=1S/C17H31N3/c1-6-9-14-10-12-15(13-11-14)16(19-18)17(4,5)20(7-2)8-3/h10-13,16,19H,6-9,18H2,1-5H3. The highest BCUT2D eigenvalue weighted by molar-refractivity contribution is 5.27. The fraction of sp³-hybridized carbons (Fsp3) is 0.647. The second-order valence-electron chi connectivity index (χ2n) is 5.92. The molecule has 0 saturated carbocycles. The van der Waals surface area contributed by atoms with E-state index in [4.69, 9.17) is 5.84 Å². The minimum absolute atomic E-state index is 0.0233. The second-order valence-corrected chi connectivity index (χ2v) is 5.92. The summed E-state index contributed by atoms with van der Waals surface area (Å²) >= 11 is 0. The predicted octanol–water partition coefficient (Wildman–Crippen LogP) is 3.26. The fourth-order valence-corrected chi connectivity index (χ4v) is 3.09. The second kappa shape index (κ2) is 7.77. The third-order valence-electron chi connectivity index (χ3n) is 4.30. The lowest BCUT2D eigenvalue weighted by Crippen LogP contribution is -2.54. The molecule has 0 aliphatic heterocycles. The third-order valence-corrected chi connectivity index (χ3v) is 4.30. The van der Waals surface area contributed by atoms with E-state index in [-0.39, 0.29) is 11.6 Å². The molecule has 0 saturated heterocycles. The van der Waals surface area contributed by atoms with Crippen molar-refractivity contribution in [2.75, 3.05) is 13.1 Å². The van der Waals surface area contributed by atoms with Gasteiger partial charge in [0.2, 0.25) is 0 Å². The molecular weight excluding hydrogens is 246 g/mol. The molecule has 0 aliphatic carbocycles. The molecule has 0 aliphatic rings. The fourth-order valence-electron chi connectivity index (χ4n) is 3.09. The Morgan fingerprint density at radius 2 is 1.65 bits per heavy atom. The van der Waals surface area contributed by atoms with Gasteiger partial charge in [-0.2, -0.15) is 0 Å². The molecule has 0 bridgehead atoms. The van der Waals surface area contributed by atoms with E-state index in [1.165, 1.54) is 17.5 Å². The van der Waals surface area contributed by atoms with Crippen LogP contribution < -0.4 is 11.3 Å². The van der Waals surface area contributed by atoms with Crippen LogP contribution in [0.2, 0.25) is 0 Å². The van der Waals surface area contributed by atoms with Crippen LogP contribution in [0.5, 0.6) is 0 Å². The van der Waals surface area contributed by atoms with Crippen molar-refractivity contribution in [3.8, 4) is 0 Å². The Balaban J connectivity index is 2.99. The van der Waals surface area contributed by atoms with Crippen LogP contribution in [-0.2, 0) is 6.42 Å². The lowest BCUT2D eigenvalue weighted by atomic mass is 9.86. The molecular formula is C17H31N3. The summed E-state index contributed by atoms with van der Waals surface area (Å²) in [5.41, 5.74) is 5.64. The van der Waals surface area contributed by atoms with Gasteiger partial charge in [-0.15, -0.1) is 0 Å². The number of nitrogens with zero attached hydrogens (tertiary/aromatic N) is 1. The van der Waals surface area contributed by atoms with Crippen LogP contribution in [0.3, 0.4) is 0 Å². The first kappa shape index (κ1) is 17.2. The van der Waals surface area contributed by atoms with Gasteiger partial charge in [0.1, 0.15) is 0 Å². The zero-order valence-corrected chi connectivity index (χ0v) is 13.7. The van der Waals surface area contributed by atoms with E-state index < -0.39 is 0 Å². The Bertz CT molecular complexity index is 380. The predicted molar refractivity (Wildman–Crippen MR) is 87.5 cm³/mol. The Labute approximate surface area is 124 Å². The van der Waals surface area contributed by atoms with Crippen LogP contribution >= 0.6 is 0 Å². The molecule has 0 heterocycles. The van der Waals surface area contributed by atoms with E-state index in [9.17, 15) is 0 Å². The Hall–Kier alpha value is -0.900. The topological polar surface area (TPSA) is 41.3 Å². The van der Waals surface area contributed by atoms with E-state index in [1.807, 2.05) is 0 Å². The molecule has 0 aromatic heterocycles. The van der Waals surface area contributed by atoms with Gasteiger partial charge in [-0.25, -0.2) is 0 Å². The Morgan fingerprint density at radius 3 is 2.05 bits per heavy atom. The summed E-state index contributed by atoms with van der Waals surface area (Å²) in [6, 6.07) is 8.99. The third kappa shape index (κ3) is 3.81. The molecule has 0 radical (unpaired) electrons. The van der Waals surface area contributed by atoms with Crippen molar-refractivity contribution >= 4 is 0 Å². The summed E-state index contributed by atoms with van der Waals surface area (Å²) < 4.78 is 0. The SMILES string of the molecule is CCCc1ccc(C(NN)C(C)(C)N(CC)CC)cc1. The van der Waals surface area contributed by atoms with Crippen LogP contribution in [0.1, 0.15) is 58.2 Å². The normalized spacial score (nSPS) is 13.8. The molecule has 1 rings (SSSR count). The van der Waals surface area contributed by atoms with Crippen molar-refractivity contribution in [2.24, 2.45) is 5.84 Å². The minimum Gasteiger partial charge on any atom is -0.297 e. The van der Waals surface area contributed by atoms with E-state index in [0.29, 0.717) is 0 Å². The maximum Gasteiger partial charge on any atom is 0.0638 e. The average molecular weight is 277 g/mol. The van der Waals surface area contributed by atoms with Gasteiger partial charge in [-0.1, -0.05) is 51.5 Å².